The van der Waals surface area contributed by atoms with Crippen LogP contribution in [0.15, 0.2) is 30.3 Å². The minimum atomic E-state index is -0.590. The summed E-state index contributed by atoms with van der Waals surface area (Å²) in [5.41, 5.74) is 1.08. The second kappa shape index (κ2) is 4.64. The molecule has 1 aliphatic rings. The zero-order valence-corrected chi connectivity index (χ0v) is 10.4. The molecule has 0 N–H and O–H groups in total. The summed E-state index contributed by atoms with van der Waals surface area (Å²) in [5, 5.41) is 0.663. The van der Waals surface area contributed by atoms with E-state index in [0.29, 0.717) is 11.2 Å². The summed E-state index contributed by atoms with van der Waals surface area (Å²) in [6, 6.07) is 10.1. The van der Waals surface area contributed by atoms with E-state index in [1.807, 2.05) is 30.3 Å². The molecule has 0 spiro atoms. The minimum Gasteiger partial charge on any atom is -0.345 e. The van der Waals surface area contributed by atoms with Gasteiger partial charge >= 0.3 is 0 Å². The molecule has 0 atom stereocenters. The van der Waals surface area contributed by atoms with Crippen LogP contribution in [0.3, 0.4) is 0 Å². The lowest BCUT2D eigenvalue weighted by Gasteiger charge is -2.38. The van der Waals surface area contributed by atoms with Crippen LogP contribution in [0, 0.1) is 5.92 Å². The van der Waals surface area contributed by atoms with E-state index in [0.717, 1.165) is 18.8 Å². The van der Waals surface area contributed by atoms with Gasteiger partial charge in [0.05, 0.1) is 18.5 Å². The van der Waals surface area contributed by atoms with Crippen LogP contribution >= 0.6 is 15.9 Å². The second-order valence-electron chi connectivity index (χ2n) is 3.98. The van der Waals surface area contributed by atoms with Gasteiger partial charge in [-0.25, -0.2) is 0 Å². The number of hydrogen-bond acceptors (Lipinski definition) is 2. The molecule has 82 valence electrons. The molecule has 1 fully saturated rings. The third kappa shape index (κ3) is 2.25. The van der Waals surface area contributed by atoms with Crippen molar-refractivity contribution in [3.05, 3.63) is 35.9 Å². The van der Waals surface area contributed by atoms with Crippen LogP contribution in [0.2, 0.25) is 0 Å². The fourth-order valence-electron chi connectivity index (χ4n) is 1.66. The van der Waals surface area contributed by atoms with Gasteiger partial charge in [0.2, 0.25) is 5.79 Å². The summed E-state index contributed by atoms with van der Waals surface area (Å²) in [5.74, 6) is -0.116. The highest BCUT2D eigenvalue weighted by Gasteiger charge is 2.37. The number of hydrogen-bond donors (Lipinski definition) is 0. The molecule has 1 saturated heterocycles. The van der Waals surface area contributed by atoms with E-state index in [2.05, 4.69) is 22.9 Å². The van der Waals surface area contributed by atoms with Crippen molar-refractivity contribution < 1.29 is 9.47 Å². The molecular weight excluding hydrogens is 256 g/mol. The summed E-state index contributed by atoms with van der Waals surface area (Å²) in [6.07, 6.45) is 0. The Kier molecular flexibility index (Phi) is 3.44. The highest BCUT2D eigenvalue weighted by Crippen LogP contribution is 2.33. The first-order valence-corrected chi connectivity index (χ1v) is 6.28. The molecule has 3 heteroatoms. The van der Waals surface area contributed by atoms with Crippen LogP contribution in [0.5, 0.6) is 0 Å². The van der Waals surface area contributed by atoms with Crippen LogP contribution in [-0.4, -0.2) is 18.5 Å². The molecule has 1 heterocycles. The van der Waals surface area contributed by atoms with Crippen molar-refractivity contribution in [2.75, 3.05) is 18.5 Å². The Labute approximate surface area is 98.7 Å². The molecule has 15 heavy (non-hydrogen) atoms. The maximum absolute atomic E-state index is 5.84. The van der Waals surface area contributed by atoms with E-state index in [1.54, 1.807) is 0 Å². The maximum atomic E-state index is 5.84. The van der Waals surface area contributed by atoms with Gasteiger partial charge in [-0.3, -0.25) is 0 Å². The van der Waals surface area contributed by atoms with Gasteiger partial charge < -0.3 is 9.47 Å². The summed E-state index contributed by atoms with van der Waals surface area (Å²) >= 11 is 3.47. The Bertz CT molecular complexity index is 305. The molecule has 0 aliphatic carbocycles. The van der Waals surface area contributed by atoms with Gasteiger partial charge in [-0.2, -0.15) is 0 Å². The summed E-state index contributed by atoms with van der Waals surface area (Å²) in [6.45, 7) is 3.63. The Morgan fingerprint density at radius 3 is 2.40 bits per heavy atom. The van der Waals surface area contributed by atoms with Gasteiger partial charge in [0.15, 0.2) is 0 Å². The molecular formula is C12H15BrO2. The predicted octanol–water partition coefficient (Wildman–Crippen LogP) is 2.92. The monoisotopic (exact) mass is 270 g/mol. The average molecular weight is 271 g/mol. The topological polar surface area (TPSA) is 18.5 Å². The molecule has 2 rings (SSSR count). The Morgan fingerprint density at radius 2 is 1.87 bits per heavy atom. The first-order chi connectivity index (χ1) is 7.27. The van der Waals surface area contributed by atoms with Crippen molar-refractivity contribution in [2.45, 2.75) is 12.7 Å². The van der Waals surface area contributed by atoms with Gasteiger partial charge in [-0.1, -0.05) is 53.2 Å². The molecule has 0 amide bonds. The quantitative estimate of drug-likeness (QED) is 0.770. The summed E-state index contributed by atoms with van der Waals surface area (Å²) in [7, 11) is 0. The minimum absolute atomic E-state index is 0.473. The number of ether oxygens (including phenoxy) is 2. The zero-order valence-electron chi connectivity index (χ0n) is 8.78. The third-order valence-electron chi connectivity index (χ3n) is 2.59. The highest BCUT2D eigenvalue weighted by atomic mass is 79.9. The van der Waals surface area contributed by atoms with E-state index in [9.17, 15) is 0 Å². The van der Waals surface area contributed by atoms with Crippen LogP contribution in [0.4, 0.5) is 0 Å². The second-order valence-corrected chi connectivity index (χ2v) is 4.54. The van der Waals surface area contributed by atoms with Crippen LogP contribution in [0.1, 0.15) is 12.5 Å². The lowest BCUT2D eigenvalue weighted by molar-refractivity contribution is -0.275. The zero-order chi connectivity index (χ0) is 10.7. The number of halogens is 1. The fraction of sp³-hybridized carbons (Fsp3) is 0.500. The molecule has 1 aromatic carbocycles. The van der Waals surface area contributed by atoms with E-state index in [4.69, 9.17) is 9.47 Å². The highest BCUT2D eigenvalue weighted by molar-refractivity contribution is 9.09. The normalized spacial score (nSPS) is 31.5. The van der Waals surface area contributed by atoms with Crippen molar-refractivity contribution in [3.63, 3.8) is 0 Å². The van der Waals surface area contributed by atoms with Gasteiger partial charge in [0.25, 0.3) is 0 Å². The summed E-state index contributed by atoms with van der Waals surface area (Å²) < 4.78 is 11.7. The predicted molar refractivity (Wildman–Crippen MR) is 63.0 cm³/mol. The van der Waals surface area contributed by atoms with Gasteiger partial charge in [0, 0.05) is 11.5 Å². The lowest BCUT2D eigenvalue weighted by Crippen LogP contribution is -2.42. The van der Waals surface area contributed by atoms with Crippen molar-refractivity contribution in [3.8, 4) is 0 Å². The van der Waals surface area contributed by atoms with E-state index in [-0.39, 0.29) is 0 Å². The van der Waals surface area contributed by atoms with E-state index in [1.165, 1.54) is 0 Å². The van der Waals surface area contributed by atoms with Crippen molar-refractivity contribution in [1.29, 1.82) is 0 Å². The van der Waals surface area contributed by atoms with Gasteiger partial charge in [-0.05, 0) is 0 Å². The first kappa shape index (κ1) is 11.1. The van der Waals surface area contributed by atoms with Crippen molar-refractivity contribution in [1.82, 2.24) is 0 Å². The van der Waals surface area contributed by atoms with E-state index >= 15 is 0 Å². The largest absolute Gasteiger partial charge is 0.345 e. The standard InChI is InChI=1S/C12H15BrO2/c1-10-7-14-12(9-13,15-8-10)11-5-3-2-4-6-11/h2-6,10H,7-9H2,1H3. The Hall–Kier alpha value is -0.380. The Morgan fingerprint density at radius 1 is 1.27 bits per heavy atom. The fourth-order valence-corrected chi connectivity index (χ4v) is 2.30. The van der Waals surface area contributed by atoms with Gasteiger partial charge in [0.1, 0.15) is 0 Å². The molecule has 0 bridgehead atoms. The average Bonchev–Trinajstić information content (AvgIpc) is 2.32. The van der Waals surface area contributed by atoms with E-state index < -0.39 is 5.79 Å². The van der Waals surface area contributed by atoms with Crippen LogP contribution in [0.25, 0.3) is 0 Å². The molecule has 0 unspecified atom stereocenters. The van der Waals surface area contributed by atoms with Crippen LogP contribution in [-0.2, 0) is 15.3 Å². The smallest absolute Gasteiger partial charge is 0.204 e. The third-order valence-corrected chi connectivity index (χ3v) is 3.33. The Balaban J connectivity index is 2.23. The first-order valence-electron chi connectivity index (χ1n) is 5.16. The number of rotatable bonds is 2. The lowest BCUT2D eigenvalue weighted by atomic mass is 10.1. The summed E-state index contributed by atoms with van der Waals surface area (Å²) in [4.78, 5) is 0. The van der Waals surface area contributed by atoms with Crippen molar-refractivity contribution in [2.24, 2.45) is 5.92 Å². The maximum Gasteiger partial charge on any atom is 0.204 e. The molecule has 1 aromatic rings. The number of alkyl halides is 1. The molecule has 0 saturated carbocycles. The van der Waals surface area contributed by atoms with Gasteiger partial charge in [-0.15, -0.1) is 0 Å². The molecule has 2 nitrogen and oxygen atoms in total. The van der Waals surface area contributed by atoms with Crippen LogP contribution < -0.4 is 0 Å². The molecule has 0 aromatic heterocycles. The number of benzene rings is 1. The van der Waals surface area contributed by atoms with Crippen molar-refractivity contribution >= 4 is 15.9 Å². The SMILES string of the molecule is CC1COC(CBr)(c2ccccc2)OC1. The molecule has 1 aliphatic heterocycles. The molecule has 0 radical (unpaired) electrons.